The lowest BCUT2D eigenvalue weighted by atomic mass is 9.77. The van der Waals surface area contributed by atoms with Crippen LogP contribution in [0.1, 0.15) is 37.3 Å². The van der Waals surface area contributed by atoms with Crippen molar-refractivity contribution in [2.24, 2.45) is 11.8 Å². The second kappa shape index (κ2) is 5.34. The van der Waals surface area contributed by atoms with Gasteiger partial charge >= 0.3 is 0 Å². The van der Waals surface area contributed by atoms with E-state index < -0.39 is 0 Å². The summed E-state index contributed by atoms with van der Waals surface area (Å²) in [6.45, 7) is 3.03. The van der Waals surface area contributed by atoms with E-state index >= 15 is 0 Å². The Bertz CT molecular complexity index is 472. The Balaban J connectivity index is 1.83. The topological polar surface area (TPSA) is 29.5 Å². The molecule has 3 atom stereocenters. The van der Waals surface area contributed by atoms with Gasteiger partial charge in [-0.15, -0.1) is 0 Å². The third-order valence-corrected chi connectivity index (χ3v) is 4.73. The van der Waals surface area contributed by atoms with Crippen molar-refractivity contribution < 1.29 is 9.84 Å². The van der Waals surface area contributed by atoms with Crippen LogP contribution in [0.15, 0.2) is 12.1 Å². The molecule has 0 radical (unpaired) electrons. The molecule has 1 heterocycles. The van der Waals surface area contributed by atoms with Crippen LogP contribution in [-0.2, 0) is 12.8 Å². The van der Waals surface area contributed by atoms with Crippen LogP contribution < -0.4 is 4.74 Å². The monoisotopic (exact) mass is 280 g/mol. The van der Waals surface area contributed by atoms with Crippen LogP contribution in [0.4, 0.5) is 0 Å². The Morgan fingerprint density at radius 2 is 2.21 bits per heavy atom. The average Bonchev–Trinajstić information content (AvgIpc) is 2.82. The molecule has 19 heavy (non-hydrogen) atoms. The maximum absolute atomic E-state index is 10.2. The number of rotatable bonds is 2. The lowest BCUT2D eigenvalue weighted by molar-refractivity contribution is 0.0517. The summed E-state index contributed by atoms with van der Waals surface area (Å²) >= 11 is 6.19. The lowest BCUT2D eigenvalue weighted by Gasteiger charge is -2.32. The van der Waals surface area contributed by atoms with Crippen molar-refractivity contribution in [2.45, 2.75) is 45.1 Å². The molecule has 104 valence electrons. The summed E-state index contributed by atoms with van der Waals surface area (Å²) in [5.74, 6) is 2.08. The highest BCUT2D eigenvalue weighted by Gasteiger charge is 2.29. The second-order valence-corrected chi connectivity index (χ2v) is 6.54. The summed E-state index contributed by atoms with van der Waals surface area (Å²) in [4.78, 5) is 0. The molecule has 3 heteroatoms. The van der Waals surface area contributed by atoms with E-state index in [0.717, 1.165) is 49.5 Å². The molecule has 0 bridgehead atoms. The quantitative estimate of drug-likeness (QED) is 0.897. The van der Waals surface area contributed by atoms with Crippen LogP contribution in [0.3, 0.4) is 0 Å². The van der Waals surface area contributed by atoms with E-state index in [-0.39, 0.29) is 6.10 Å². The second-order valence-electron chi connectivity index (χ2n) is 6.10. The number of ether oxygens (including phenoxy) is 1. The lowest BCUT2D eigenvalue weighted by Crippen LogP contribution is -2.29. The van der Waals surface area contributed by atoms with E-state index in [9.17, 15) is 5.11 Å². The highest BCUT2D eigenvalue weighted by atomic mass is 35.5. The van der Waals surface area contributed by atoms with E-state index in [1.807, 2.05) is 12.1 Å². The molecule has 1 fully saturated rings. The maximum Gasteiger partial charge on any atom is 0.125 e. The summed E-state index contributed by atoms with van der Waals surface area (Å²) in [5.41, 5.74) is 2.40. The molecule has 0 spiro atoms. The molecule has 1 saturated carbocycles. The molecular formula is C16H21ClO2. The predicted molar refractivity (Wildman–Crippen MR) is 76.9 cm³/mol. The zero-order valence-electron chi connectivity index (χ0n) is 11.4. The fourth-order valence-electron chi connectivity index (χ4n) is 3.48. The largest absolute Gasteiger partial charge is 0.493 e. The molecule has 3 unspecified atom stereocenters. The van der Waals surface area contributed by atoms with Gasteiger partial charge in [0.15, 0.2) is 0 Å². The summed E-state index contributed by atoms with van der Waals surface area (Å²) in [6, 6.07) is 4.02. The van der Waals surface area contributed by atoms with E-state index in [4.69, 9.17) is 16.3 Å². The molecule has 1 aromatic carbocycles. The van der Waals surface area contributed by atoms with Crippen LogP contribution in [0.5, 0.6) is 5.75 Å². The van der Waals surface area contributed by atoms with Gasteiger partial charge in [-0.3, -0.25) is 0 Å². The van der Waals surface area contributed by atoms with Crippen LogP contribution in [0, 0.1) is 11.8 Å². The minimum Gasteiger partial charge on any atom is -0.493 e. The SMILES string of the molecule is CC1CCC(O)C(Cc2cc(Cl)cc3c2OCC3)C1. The van der Waals surface area contributed by atoms with Gasteiger partial charge in [0.1, 0.15) is 5.75 Å². The van der Waals surface area contributed by atoms with Crippen molar-refractivity contribution in [2.75, 3.05) is 6.61 Å². The van der Waals surface area contributed by atoms with Gasteiger partial charge in [-0.25, -0.2) is 0 Å². The third-order valence-electron chi connectivity index (χ3n) is 4.51. The van der Waals surface area contributed by atoms with Gasteiger partial charge in [-0.1, -0.05) is 18.5 Å². The first kappa shape index (κ1) is 13.3. The Labute approximate surface area is 119 Å². The molecule has 1 aliphatic heterocycles. The molecule has 0 aromatic heterocycles. The molecule has 0 amide bonds. The number of benzene rings is 1. The average molecular weight is 281 g/mol. The van der Waals surface area contributed by atoms with Gasteiger partial charge in [-0.2, -0.15) is 0 Å². The van der Waals surface area contributed by atoms with Crippen molar-refractivity contribution >= 4 is 11.6 Å². The van der Waals surface area contributed by atoms with Crippen LogP contribution in [-0.4, -0.2) is 17.8 Å². The molecule has 2 nitrogen and oxygen atoms in total. The minimum atomic E-state index is -0.174. The number of halogens is 1. The van der Waals surface area contributed by atoms with Crippen LogP contribution in [0.2, 0.25) is 5.02 Å². The molecule has 1 N–H and O–H groups in total. The Hall–Kier alpha value is -0.730. The molecule has 2 aliphatic rings. The van der Waals surface area contributed by atoms with Gasteiger partial charge in [0.2, 0.25) is 0 Å². The smallest absolute Gasteiger partial charge is 0.125 e. The molecule has 1 aromatic rings. The zero-order valence-corrected chi connectivity index (χ0v) is 12.1. The third kappa shape index (κ3) is 2.75. The molecule has 1 aliphatic carbocycles. The first-order valence-corrected chi connectivity index (χ1v) is 7.63. The Morgan fingerprint density at radius 1 is 1.37 bits per heavy atom. The standard InChI is InChI=1S/C16H21ClO2/c1-10-2-3-15(18)12(6-10)7-13-9-14(17)8-11-4-5-19-16(11)13/h8-10,12,15,18H,2-7H2,1H3. The Kier molecular flexibility index (Phi) is 3.72. The van der Waals surface area contributed by atoms with E-state index in [1.54, 1.807) is 0 Å². The number of fused-ring (bicyclic) bond motifs is 1. The fourth-order valence-corrected chi connectivity index (χ4v) is 3.75. The fraction of sp³-hybridized carbons (Fsp3) is 0.625. The van der Waals surface area contributed by atoms with Gasteiger partial charge in [0.05, 0.1) is 12.7 Å². The Morgan fingerprint density at radius 3 is 3.05 bits per heavy atom. The highest BCUT2D eigenvalue weighted by molar-refractivity contribution is 6.30. The number of hydrogen-bond acceptors (Lipinski definition) is 2. The van der Waals surface area contributed by atoms with Crippen molar-refractivity contribution in [3.8, 4) is 5.75 Å². The molecule has 0 saturated heterocycles. The van der Waals surface area contributed by atoms with Gasteiger partial charge in [-0.05, 0) is 60.8 Å². The predicted octanol–water partition coefficient (Wildman–Crippen LogP) is 3.61. The highest BCUT2D eigenvalue weighted by Crippen LogP contribution is 2.38. The number of aliphatic hydroxyl groups excluding tert-OH is 1. The first-order chi connectivity index (χ1) is 9.13. The molecule has 3 rings (SSSR count). The zero-order chi connectivity index (χ0) is 13.4. The summed E-state index contributed by atoms with van der Waals surface area (Å²) < 4.78 is 5.75. The number of aliphatic hydroxyl groups is 1. The van der Waals surface area contributed by atoms with Crippen molar-refractivity contribution in [1.82, 2.24) is 0 Å². The van der Waals surface area contributed by atoms with Crippen molar-refractivity contribution in [1.29, 1.82) is 0 Å². The first-order valence-electron chi connectivity index (χ1n) is 7.25. The van der Waals surface area contributed by atoms with Gasteiger partial charge in [0, 0.05) is 11.4 Å². The van der Waals surface area contributed by atoms with Crippen molar-refractivity contribution in [3.63, 3.8) is 0 Å². The molecular weight excluding hydrogens is 260 g/mol. The van der Waals surface area contributed by atoms with Crippen molar-refractivity contribution in [3.05, 3.63) is 28.3 Å². The summed E-state index contributed by atoms with van der Waals surface area (Å²) in [5, 5.41) is 11.0. The van der Waals surface area contributed by atoms with E-state index in [1.165, 1.54) is 11.1 Å². The van der Waals surface area contributed by atoms with E-state index in [2.05, 4.69) is 6.92 Å². The summed E-state index contributed by atoms with van der Waals surface area (Å²) in [7, 11) is 0. The van der Waals surface area contributed by atoms with Crippen LogP contribution in [0.25, 0.3) is 0 Å². The minimum absolute atomic E-state index is 0.174. The maximum atomic E-state index is 10.2. The van der Waals surface area contributed by atoms with Gasteiger partial charge in [0.25, 0.3) is 0 Å². The van der Waals surface area contributed by atoms with E-state index in [0.29, 0.717) is 11.8 Å². The van der Waals surface area contributed by atoms with Gasteiger partial charge < -0.3 is 9.84 Å². The number of hydrogen-bond donors (Lipinski definition) is 1. The normalized spacial score (nSPS) is 29.9. The van der Waals surface area contributed by atoms with Crippen LogP contribution >= 0.6 is 11.6 Å². The summed E-state index contributed by atoms with van der Waals surface area (Å²) in [6.07, 6.45) is 4.83.